The molecule has 2 unspecified atom stereocenters. The van der Waals surface area contributed by atoms with Gasteiger partial charge in [-0.1, -0.05) is 36.4 Å². The Morgan fingerprint density at radius 1 is 1.12 bits per heavy atom. The maximum atomic E-state index is 6.31. The highest BCUT2D eigenvalue weighted by atomic mass is 16.5. The van der Waals surface area contributed by atoms with Crippen LogP contribution in [0.1, 0.15) is 53.6 Å². The van der Waals surface area contributed by atoms with Crippen LogP contribution in [0.2, 0.25) is 0 Å². The van der Waals surface area contributed by atoms with E-state index in [4.69, 9.17) is 14.2 Å². The van der Waals surface area contributed by atoms with Crippen molar-refractivity contribution in [2.75, 3.05) is 13.7 Å². The zero-order valence-corrected chi connectivity index (χ0v) is 19.5. The summed E-state index contributed by atoms with van der Waals surface area (Å²) in [4.78, 5) is 4.59. The summed E-state index contributed by atoms with van der Waals surface area (Å²) in [5.41, 5.74) is 6.91. The Balaban J connectivity index is 1.20. The normalized spacial score (nSPS) is 24.1. The second kappa shape index (κ2) is 8.90. The Bertz CT molecular complexity index is 1230. The number of rotatable bonds is 4. The molecule has 5 heteroatoms. The third kappa shape index (κ3) is 3.79. The molecular weight excluding hydrogens is 424 g/mol. The Hall–Kier alpha value is -3.15. The van der Waals surface area contributed by atoms with Crippen molar-refractivity contribution in [1.82, 2.24) is 10.3 Å². The monoisotopic (exact) mass is 454 g/mol. The Labute approximate surface area is 200 Å². The molecule has 1 saturated heterocycles. The first-order chi connectivity index (χ1) is 16.8. The molecule has 1 spiro atoms. The first-order valence-electron chi connectivity index (χ1n) is 12.2. The second-order valence-corrected chi connectivity index (χ2v) is 9.40. The third-order valence-corrected chi connectivity index (χ3v) is 7.47. The zero-order valence-electron chi connectivity index (χ0n) is 19.5. The van der Waals surface area contributed by atoms with Crippen molar-refractivity contribution in [1.29, 1.82) is 0 Å². The fraction of sp³-hybridized carbons (Fsp3) is 0.345. The maximum absolute atomic E-state index is 6.31. The molecule has 0 saturated carbocycles. The molecule has 5 nitrogen and oxygen atoms in total. The quantitative estimate of drug-likeness (QED) is 0.574. The van der Waals surface area contributed by atoms with Gasteiger partial charge in [0, 0.05) is 29.9 Å². The summed E-state index contributed by atoms with van der Waals surface area (Å²) < 4.78 is 17.9. The van der Waals surface area contributed by atoms with Gasteiger partial charge in [-0.2, -0.15) is 0 Å². The van der Waals surface area contributed by atoms with E-state index in [1.54, 1.807) is 7.11 Å². The number of nitrogens with one attached hydrogen (secondary N) is 1. The lowest BCUT2D eigenvalue weighted by atomic mass is 9.82. The van der Waals surface area contributed by atoms with Gasteiger partial charge in [0.05, 0.1) is 19.4 Å². The van der Waals surface area contributed by atoms with Crippen molar-refractivity contribution >= 4 is 5.57 Å². The molecule has 1 N–H and O–H groups in total. The van der Waals surface area contributed by atoms with E-state index in [1.165, 1.54) is 16.7 Å². The van der Waals surface area contributed by atoms with Crippen LogP contribution in [0.5, 0.6) is 11.5 Å². The fourth-order valence-corrected chi connectivity index (χ4v) is 5.60. The molecule has 34 heavy (non-hydrogen) atoms. The molecule has 4 heterocycles. The molecule has 0 aliphatic carbocycles. The van der Waals surface area contributed by atoms with Gasteiger partial charge in [-0.3, -0.25) is 4.98 Å². The number of allylic oxidation sites excluding steroid dienone is 1. The number of fused-ring (bicyclic) bond motifs is 4. The van der Waals surface area contributed by atoms with Crippen molar-refractivity contribution in [2.45, 2.75) is 50.5 Å². The average Bonchev–Trinajstić information content (AvgIpc) is 3.16. The maximum Gasteiger partial charge on any atom is 0.131 e. The van der Waals surface area contributed by atoms with Gasteiger partial charge in [0.25, 0.3) is 0 Å². The summed E-state index contributed by atoms with van der Waals surface area (Å²) >= 11 is 0. The van der Waals surface area contributed by atoms with Crippen LogP contribution in [0.4, 0.5) is 0 Å². The smallest absolute Gasteiger partial charge is 0.131 e. The predicted molar refractivity (Wildman–Crippen MR) is 132 cm³/mol. The summed E-state index contributed by atoms with van der Waals surface area (Å²) in [6.07, 6.45) is 8.42. The average molecular weight is 455 g/mol. The van der Waals surface area contributed by atoms with Crippen LogP contribution >= 0.6 is 0 Å². The number of hydrogen-bond donors (Lipinski definition) is 1. The van der Waals surface area contributed by atoms with Gasteiger partial charge in [-0.15, -0.1) is 0 Å². The highest BCUT2D eigenvalue weighted by Crippen LogP contribution is 2.42. The lowest BCUT2D eigenvalue weighted by Crippen LogP contribution is -2.48. The summed E-state index contributed by atoms with van der Waals surface area (Å²) in [5.74, 6) is 1.71. The van der Waals surface area contributed by atoms with Crippen molar-refractivity contribution < 1.29 is 14.2 Å². The van der Waals surface area contributed by atoms with E-state index in [1.807, 2.05) is 24.4 Å². The number of benzene rings is 2. The molecule has 0 bridgehead atoms. The van der Waals surface area contributed by atoms with Crippen LogP contribution in [0.3, 0.4) is 0 Å². The molecule has 3 aliphatic heterocycles. The van der Waals surface area contributed by atoms with Crippen LogP contribution in [-0.2, 0) is 23.6 Å². The summed E-state index contributed by atoms with van der Waals surface area (Å²) in [6, 6.07) is 19.3. The minimum atomic E-state index is -0.149. The minimum absolute atomic E-state index is 0.149. The van der Waals surface area contributed by atoms with Gasteiger partial charge in [-0.05, 0) is 66.6 Å². The number of nitrogens with zero attached hydrogens (tertiary/aromatic N) is 1. The van der Waals surface area contributed by atoms with E-state index in [0.29, 0.717) is 12.6 Å². The molecule has 2 atom stereocenters. The molecule has 3 aromatic rings. The molecule has 0 radical (unpaired) electrons. The van der Waals surface area contributed by atoms with Crippen LogP contribution < -0.4 is 14.8 Å². The number of hydrogen-bond acceptors (Lipinski definition) is 5. The summed E-state index contributed by atoms with van der Waals surface area (Å²) in [5, 5.41) is 3.79. The Morgan fingerprint density at radius 2 is 2.06 bits per heavy atom. The van der Waals surface area contributed by atoms with Gasteiger partial charge in [0.15, 0.2) is 0 Å². The van der Waals surface area contributed by atoms with Crippen molar-refractivity contribution in [3.8, 4) is 11.5 Å². The van der Waals surface area contributed by atoms with E-state index in [0.717, 1.165) is 67.2 Å². The van der Waals surface area contributed by atoms with Crippen LogP contribution in [0, 0.1) is 0 Å². The fourth-order valence-electron chi connectivity index (χ4n) is 5.60. The zero-order chi connectivity index (χ0) is 23.0. The number of methoxy groups -OCH3 is 1. The third-order valence-electron chi connectivity index (χ3n) is 7.47. The van der Waals surface area contributed by atoms with Gasteiger partial charge < -0.3 is 19.5 Å². The highest BCUT2D eigenvalue weighted by molar-refractivity contribution is 5.85. The first-order valence-corrected chi connectivity index (χ1v) is 12.2. The molecule has 1 fully saturated rings. The molecule has 1 aromatic heterocycles. The van der Waals surface area contributed by atoms with E-state index < -0.39 is 0 Å². The summed E-state index contributed by atoms with van der Waals surface area (Å²) in [6.45, 7) is 2.08. The van der Waals surface area contributed by atoms with Crippen molar-refractivity contribution in [3.05, 3.63) is 94.8 Å². The summed E-state index contributed by atoms with van der Waals surface area (Å²) in [7, 11) is 1.70. The van der Waals surface area contributed by atoms with Gasteiger partial charge in [0.2, 0.25) is 0 Å². The van der Waals surface area contributed by atoms with E-state index in [-0.39, 0.29) is 5.60 Å². The Kier molecular flexibility index (Phi) is 5.60. The van der Waals surface area contributed by atoms with Crippen LogP contribution in [-0.4, -0.2) is 24.7 Å². The number of aromatic nitrogens is 1. The lowest BCUT2D eigenvalue weighted by Gasteiger charge is -2.38. The van der Waals surface area contributed by atoms with Crippen molar-refractivity contribution in [3.63, 3.8) is 0 Å². The number of piperidine rings is 1. The topological polar surface area (TPSA) is 52.6 Å². The second-order valence-electron chi connectivity index (χ2n) is 9.40. The van der Waals surface area contributed by atoms with Crippen LogP contribution in [0.15, 0.2) is 66.9 Å². The van der Waals surface area contributed by atoms with E-state index in [2.05, 4.69) is 52.8 Å². The van der Waals surface area contributed by atoms with Gasteiger partial charge >= 0.3 is 0 Å². The van der Waals surface area contributed by atoms with E-state index >= 15 is 0 Å². The molecule has 174 valence electrons. The lowest BCUT2D eigenvalue weighted by molar-refractivity contribution is -0.0604. The molecule has 3 aliphatic rings. The molecule has 2 aromatic carbocycles. The standard InChI is InChI=1S/C29H30N2O3/c1-32-22-11-12-28-25(16-22)23(24-9-5-15-30-27(24)18-33-28)8-4-7-21-13-14-29(19-31-21)26-10-3-2-6-20(26)17-34-29/h2-3,5-6,8-12,15-16,21,31H,4,7,13-14,17-19H2,1H3/b23-8+. The van der Waals surface area contributed by atoms with Crippen LogP contribution in [0.25, 0.3) is 5.57 Å². The predicted octanol–water partition coefficient (Wildman–Crippen LogP) is 5.37. The molecule has 0 amide bonds. The molecule has 6 rings (SSSR count). The number of pyridine rings is 1. The minimum Gasteiger partial charge on any atom is -0.497 e. The molecular formula is C29H30N2O3. The number of ether oxygens (including phenoxy) is 3. The highest BCUT2D eigenvalue weighted by Gasteiger charge is 2.42. The SMILES string of the molecule is COc1ccc2c(c1)/C(=C/CCC1CCC3(CN1)OCc1ccccc13)c1cccnc1CO2. The van der Waals surface area contributed by atoms with Gasteiger partial charge in [-0.25, -0.2) is 0 Å². The van der Waals surface area contributed by atoms with E-state index in [9.17, 15) is 0 Å². The Morgan fingerprint density at radius 3 is 2.94 bits per heavy atom. The first kappa shape index (κ1) is 21.4. The largest absolute Gasteiger partial charge is 0.497 e. The van der Waals surface area contributed by atoms with Crippen molar-refractivity contribution in [2.24, 2.45) is 0 Å². The van der Waals surface area contributed by atoms with Gasteiger partial charge in [0.1, 0.15) is 23.7 Å².